The number of nitro groups is 1. The molecule has 0 saturated heterocycles. The Morgan fingerprint density at radius 3 is 2.33 bits per heavy atom. The van der Waals surface area contributed by atoms with Gasteiger partial charge in [0, 0.05) is 28.9 Å². The van der Waals surface area contributed by atoms with Crippen molar-refractivity contribution in [3.63, 3.8) is 0 Å². The number of para-hydroxylation sites is 1. The zero-order valence-electron chi connectivity index (χ0n) is 14.7. The number of hydrogen-bond acceptors (Lipinski definition) is 6. The Kier molecular flexibility index (Phi) is 7.79. The number of halogens is 3. The maximum atomic E-state index is 12.5. The van der Waals surface area contributed by atoms with Gasteiger partial charge >= 0.3 is 0 Å². The second-order valence-electron chi connectivity index (χ2n) is 5.69. The minimum atomic E-state index is -2.09. The fraction of sp³-hybridized carbons (Fsp3) is 0.118. The monoisotopic (exact) mass is 489 g/mol. The second kappa shape index (κ2) is 9.90. The van der Waals surface area contributed by atoms with Crippen LogP contribution in [0, 0.1) is 10.1 Å². The van der Waals surface area contributed by atoms with Crippen molar-refractivity contribution in [3.05, 3.63) is 69.8 Å². The summed E-state index contributed by atoms with van der Waals surface area (Å²) in [6, 6.07) is 10.7. The molecule has 0 bridgehead atoms. The predicted molar refractivity (Wildman–Crippen MR) is 115 cm³/mol. The van der Waals surface area contributed by atoms with Crippen LogP contribution in [0.2, 0.25) is 0 Å². The number of rotatable bonds is 6. The molecule has 2 aromatic rings. The Labute approximate surface area is 190 Å². The molecule has 9 nitrogen and oxygen atoms in total. The van der Waals surface area contributed by atoms with Gasteiger partial charge < -0.3 is 25.9 Å². The maximum Gasteiger partial charge on any atom is 0.270 e. The van der Waals surface area contributed by atoms with Crippen LogP contribution in [0.15, 0.2) is 48.5 Å². The third kappa shape index (κ3) is 6.42. The fourth-order valence-electron chi connectivity index (χ4n) is 2.23. The van der Waals surface area contributed by atoms with Crippen molar-refractivity contribution < 1.29 is 19.6 Å². The predicted octanol–water partition coefficient (Wildman–Crippen LogP) is 2.37. The summed E-state index contributed by atoms with van der Waals surface area (Å²) in [6.45, 7) is 0. The lowest BCUT2D eigenvalue weighted by atomic mass is 10.2. The molecule has 2 rings (SSSR count). The number of carbonyl (C=O) groups excluding carboxylic acids is 2. The smallest absolute Gasteiger partial charge is 0.270 e. The molecule has 3 N–H and O–H groups in total. The number of benzene rings is 2. The average Bonchev–Trinajstić information content (AvgIpc) is 2.67. The Hall–Kier alpha value is -2.66. The first-order chi connectivity index (χ1) is 14.0. The molecule has 0 fully saturated rings. The number of aromatic carboxylic acids is 1. The van der Waals surface area contributed by atoms with Gasteiger partial charge in [-0.05, 0) is 24.4 Å². The van der Waals surface area contributed by atoms with E-state index in [1.807, 2.05) is 0 Å². The van der Waals surface area contributed by atoms with Crippen molar-refractivity contribution in [2.75, 3.05) is 5.32 Å². The highest BCUT2D eigenvalue weighted by atomic mass is 35.6. The zero-order chi connectivity index (χ0) is 22.5. The summed E-state index contributed by atoms with van der Waals surface area (Å²) in [7, 11) is 0. The first-order valence-corrected chi connectivity index (χ1v) is 9.53. The minimum absolute atomic E-state index is 0.0496. The van der Waals surface area contributed by atoms with E-state index in [1.165, 1.54) is 36.4 Å². The lowest BCUT2D eigenvalue weighted by Gasteiger charge is -2.28. The third-order valence-electron chi connectivity index (χ3n) is 3.59. The van der Waals surface area contributed by atoms with Gasteiger partial charge in [-0.15, -0.1) is 0 Å². The van der Waals surface area contributed by atoms with Gasteiger partial charge in [0.1, 0.15) is 6.17 Å². The summed E-state index contributed by atoms with van der Waals surface area (Å²) in [4.78, 5) is 33.9. The molecule has 0 aromatic heterocycles. The number of amides is 1. The van der Waals surface area contributed by atoms with E-state index in [2.05, 4.69) is 16.0 Å². The molecule has 0 heterocycles. The van der Waals surface area contributed by atoms with Crippen molar-refractivity contribution in [3.8, 4) is 0 Å². The van der Waals surface area contributed by atoms with Crippen LogP contribution in [-0.4, -0.2) is 31.9 Å². The molecule has 0 aliphatic rings. The number of carboxylic acids is 1. The number of hydrogen-bond donors (Lipinski definition) is 3. The van der Waals surface area contributed by atoms with E-state index in [-0.39, 0.29) is 27.6 Å². The van der Waals surface area contributed by atoms with Crippen LogP contribution in [0.1, 0.15) is 20.7 Å². The lowest BCUT2D eigenvalue weighted by molar-refractivity contribution is -0.384. The van der Waals surface area contributed by atoms with Crippen molar-refractivity contribution in [2.45, 2.75) is 9.96 Å². The normalized spacial score (nSPS) is 11.8. The van der Waals surface area contributed by atoms with Gasteiger partial charge in [0.25, 0.3) is 11.6 Å². The summed E-state index contributed by atoms with van der Waals surface area (Å²) in [5, 5.41) is 29.4. The minimum Gasteiger partial charge on any atom is -0.545 e. The number of non-ortho nitro benzene ring substituents is 1. The molecule has 158 valence electrons. The molecule has 0 saturated carbocycles. The van der Waals surface area contributed by atoms with Gasteiger partial charge in [-0.2, -0.15) is 0 Å². The van der Waals surface area contributed by atoms with E-state index in [4.69, 9.17) is 47.0 Å². The molecular formula is C17H12Cl3N4O5S-. The van der Waals surface area contributed by atoms with Gasteiger partial charge in [-0.1, -0.05) is 59.1 Å². The number of nitrogens with one attached hydrogen (secondary N) is 3. The Bertz CT molecular complexity index is 999. The molecule has 1 amide bonds. The molecule has 1 atom stereocenters. The topological polar surface area (TPSA) is 136 Å². The van der Waals surface area contributed by atoms with Gasteiger partial charge in [0.15, 0.2) is 5.11 Å². The van der Waals surface area contributed by atoms with Crippen LogP contribution >= 0.6 is 47.0 Å². The van der Waals surface area contributed by atoms with Gasteiger partial charge in [-0.3, -0.25) is 14.9 Å². The van der Waals surface area contributed by atoms with Crippen LogP contribution < -0.4 is 21.1 Å². The van der Waals surface area contributed by atoms with E-state index in [0.29, 0.717) is 0 Å². The largest absolute Gasteiger partial charge is 0.545 e. The number of anilines is 1. The molecule has 0 unspecified atom stereocenters. The highest BCUT2D eigenvalue weighted by molar-refractivity contribution is 7.80. The summed E-state index contributed by atoms with van der Waals surface area (Å²) < 4.78 is -2.09. The molecule has 13 heteroatoms. The summed E-state index contributed by atoms with van der Waals surface area (Å²) in [6.07, 6.45) is -1.37. The first-order valence-electron chi connectivity index (χ1n) is 7.99. The van der Waals surface area contributed by atoms with Crippen molar-refractivity contribution in [2.24, 2.45) is 0 Å². The molecule has 0 aliphatic heterocycles. The van der Waals surface area contributed by atoms with Crippen LogP contribution in [0.25, 0.3) is 0 Å². The molecule has 0 spiro atoms. The number of carbonyl (C=O) groups is 2. The summed E-state index contributed by atoms with van der Waals surface area (Å²) >= 11 is 22.8. The van der Waals surface area contributed by atoms with E-state index in [1.54, 1.807) is 6.07 Å². The maximum absolute atomic E-state index is 12.5. The van der Waals surface area contributed by atoms with Crippen LogP contribution in [0.5, 0.6) is 0 Å². The van der Waals surface area contributed by atoms with E-state index < -0.39 is 26.8 Å². The summed E-state index contributed by atoms with van der Waals surface area (Å²) in [5.41, 5.74) is -0.390. The number of nitrogens with zero attached hydrogens (tertiary/aromatic N) is 1. The highest BCUT2D eigenvalue weighted by Gasteiger charge is 2.35. The number of carboxylic acid groups (broad SMARTS) is 1. The van der Waals surface area contributed by atoms with Crippen molar-refractivity contribution >= 4 is 75.4 Å². The van der Waals surface area contributed by atoms with Gasteiger partial charge in [0.2, 0.25) is 3.79 Å². The van der Waals surface area contributed by atoms with Crippen LogP contribution in [0.4, 0.5) is 11.4 Å². The van der Waals surface area contributed by atoms with E-state index in [9.17, 15) is 24.8 Å². The molecule has 2 aromatic carbocycles. The standard InChI is InChI=1S/C17H13Cl3N4O5S/c18-17(19,20)15(22-13(25)9-4-3-5-10(8-9)24(28)29)23-16(30)21-12-7-2-1-6-11(12)14(26)27/h1-8,15H,(H,22,25)(H,26,27)(H2,21,23,30)/p-1/t15-/m1/s1. The Morgan fingerprint density at radius 1 is 1.07 bits per heavy atom. The van der Waals surface area contributed by atoms with Crippen molar-refractivity contribution in [1.82, 2.24) is 10.6 Å². The third-order valence-corrected chi connectivity index (χ3v) is 4.47. The fourth-order valence-corrected chi connectivity index (χ4v) is 2.79. The lowest BCUT2D eigenvalue weighted by Crippen LogP contribution is -2.56. The number of alkyl halides is 3. The van der Waals surface area contributed by atoms with Crippen molar-refractivity contribution in [1.29, 1.82) is 0 Å². The van der Waals surface area contributed by atoms with Crippen LogP contribution in [-0.2, 0) is 0 Å². The van der Waals surface area contributed by atoms with Gasteiger partial charge in [0.05, 0.1) is 10.9 Å². The Morgan fingerprint density at radius 2 is 1.73 bits per heavy atom. The SMILES string of the molecule is O=C(N[C@H](NC(=S)Nc1ccccc1C(=O)[O-])C(Cl)(Cl)Cl)c1cccc([N+](=O)[O-])c1. The Balaban J connectivity index is 2.16. The molecule has 0 radical (unpaired) electrons. The zero-order valence-corrected chi connectivity index (χ0v) is 17.8. The molecule has 30 heavy (non-hydrogen) atoms. The average molecular weight is 491 g/mol. The quantitative estimate of drug-likeness (QED) is 0.185. The second-order valence-corrected chi connectivity index (χ2v) is 8.46. The van der Waals surface area contributed by atoms with Crippen LogP contribution in [0.3, 0.4) is 0 Å². The van der Waals surface area contributed by atoms with Gasteiger partial charge in [-0.25, -0.2) is 0 Å². The number of nitro benzene ring substituents is 1. The first kappa shape index (κ1) is 23.6. The van der Waals surface area contributed by atoms with E-state index in [0.717, 1.165) is 6.07 Å². The molecule has 0 aliphatic carbocycles. The number of thiocarbonyl (C=S) groups is 1. The summed E-state index contributed by atoms with van der Waals surface area (Å²) in [5.74, 6) is -2.21. The molecular weight excluding hydrogens is 479 g/mol. The van der Waals surface area contributed by atoms with E-state index >= 15 is 0 Å². The highest BCUT2D eigenvalue weighted by Crippen LogP contribution is 2.29.